The monoisotopic (exact) mass is 207 g/mol. The van der Waals surface area contributed by atoms with E-state index in [-0.39, 0.29) is 0 Å². The van der Waals surface area contributed by atoms with Gasteiger partial charge in [-0.05, 0) is 26.5 Å². The van der Waals surface area contributed by atoms with Crippen LogP contribution in [0.25, 0.3) is 0 Å². The Bertz CT molecular complexity index is 297. The first kappa shape index (κ1) is 12.1. The van der Waals surface area contributed by atoms with Crippen LogP contribution in [-0.4, -0.2) is 13.7 Å². The highest BCUT2D eigenvalue weighted by Gasteiger charge is 2.02. The fourth-order valence-electron chi connectivity index (χ4n) is 1.50. The number of nitrogens with one attached hydrogen (secondary N) is 1. The normalized spacial score (nSPS) is 10.3. The number of aryl methyl sites for hydroxylation is 1. The molecule has 0 amide bonds. The summed E-state index contributed by atoms with van der Waals surface area (Å²) in [5.74, 6) is 1.02. The van der Waals surface area contributed by atoms with Crippen LogP contribution in [0.5, 0.6) is 5.75 Å². The molecule has 0 radical (unpaired) electrons. The van der Waals surface area contributed by atoms with Gasteiger partial charge in [-0.25, -0.2) is 0 Å². The second kappa shape index (κ2) is 6.46. The van der Waals surface area contributed by atoms with E-state index >= 15 is 0 Å². The van der Waals surface area contributed by atoms with Crippen LogP contribution in [0, 0.1) is 6.92 Å². The first-order valence-electron chi connectivity index (χ1n) is 5.65. The minimum Gasteiger partial charge on any atom is -0.493 e. The summed E-state index contributed by atoms with van der Waals surface area (Å²) in [4.78, 5) is 0. The van der Waals surface area contributed by atoms with Gasteiger partial charge in [-0.1, -0.05) is 31.0 Å². The first-order valence-corrected chi connectivity index (χ1v) is 5.65. The zero-order valence-corrected chi connectivity index (χ0v) is 9.97. The number of unbranched alkanes of at least 4 members (excludes halogenated alkanes) is 1. The predicted molar refractivity (Wildman–Crippen MR) is 64.3 cm³/mol. The van der Waals surface area contributed by atoms with E-state index in [9.17, 15) is 0 Å². The SMILES string of the molecule is CCCCOc1ccc(C)cc1CNC. The van der Waals surface area contributed by atoms with Crippen LogP contribution in [0.2, 0.25) is 0 Å². The van der Waals surface area contributed by atoms with Crippen molar-refractivity contribution in [2.45, 2.75) is 33.2 Å². The second-order valence-electron chi connectivity index (χ2n) is 3.84. The van der Waals surface area contributed by atoms with Crippen molar-refractivity contribution in [2.24, 2.45) is 0 Å². The van der Waals surface area contributed by atoms with Crippen molar-refractivity contribution in [3.63, 3.8) is 0 Å². The van der Waals surface area contributed by atoms with Crippen LogP contribution in [0.1, 0.15) is 30.9 Å². The molecular formula is C13H21NO. The van der Waals surface area contributed by atoms with Gasteiger partial charge in [-0.2, -0.15) is 0 Å². The van der Waals surface area contributed by atoms with Crippen LogP contribution in [-0.2, 0) is 6.54 Å². The molecule has 0 bridgehead atoms. The zero-order valence-electron chi connectivity index (χ0n) is 9.97. The molecule has 0 saturated heterocycles. The van der Waals surface area contributed by atoms with Crippen molar-refractivity contribution in [3.8, 4) is 5.75 Å². The third-order valence-electron chi connectivity index (χ3n) is 2.34. The molecule has 0 saturated carbocycles. The van der Waals surface area contributed by atoms with Gasteiger partial charge in [0.2, 0.25) is 0 Å². The smallest absolute Gasteiger partial charge is 0.123 e. The van der Waals surface area contributed by atoms with Gasteiger partial charge in [0.25, 0.3) is 0 Å². The maximum absolute atomic E-state index is 5.75. The summed E-state index contributed by atoms with van der Waals surface area (Å²) < 4.78 is 5.75. The molecule has 0 unspecified atom stereocenters. The Morgan fingerprint density at radius 1 is 1.33 bits per heavy atom. The molecule has 2 heteroatoms. The summed E-state index contributed by atoms with van der Waals surface area (Å²) in [5, 5.41) is 3.16. The number of hydrogen-bond acceptors (Lipinski definition) is 2. The summed E-state index contributed by atoms with van der Waals surface area (Å²) in [6.45, 7) is 5.96. The van der Waals surface area contributed by atoms with E-state index in [4.69, 9.17) is 4.74 Å². The average Bonchev–Trinajstić information content (AvgIpc) is 2.22. The minimum atomic E-state index is 0.816. The number of hydrogen-bond donors (Lipinski definition) is 1. The van der Waals surface area contributed by atoms with E-state index in [2.05, 4.69) is 37.4 Å². The lowest BCUT2D eigenvalue weighted by Crippen LogP contribution is -2.08. The van der Waals surface area contributed by atoms with Gasteiger partial charge in [0.1, 0.15) is 5.75 Å². The fourth-order valence-corrected chi connectivity index (χ4v) is 1.50. The van der Waals surface area contributed by atoms with Gasteiger partial charge in [-0.15, -0.1) is 0 Å². The van der Waals surface area contributed by atoms with Gasteiger partial charge in [0, 0.05) is 12.1 Å². The molecule has 0 spiro atoms. The molecule has 1 aromatic carbocycles. The van der Waals surface area contributed by atoms with E-state index in [1.165, 1.54) is 17.5 Å². The quantitative estimate of drug-likeness (QED) is 0.724. The van der Waals surface area contributed by atoms with Crippen LogP contribution >= 0.6 is 0 Å². The van der Waals surface area contributed by atoms with Crippen molar-refractivity contribution >= 4 is 0 Å². The van der Waals surface area contributed by atoms with Crippen LogP contribution in [0.4, 0.5) is 0 Å². The number of rotatable bonds is 6. The van der Waals surface area contributed by atoms with Crippen molar-refractivity contribution < 1.29 is 4.74 Å². The lowest BCUT2D eigenvalue weighted by Gasteiger charge is -2.11. The van der Waals surface area contributed by atoms with Crippen LogP contribution < -0.4 is 10.1 Å². The van der Waals surface area contributed by atoms with Crippen LogP contribution in [0.15, 0.2) is 18.2 Å². The highest BCUT2D eigenvalue weighted by atomic mass is 16.5. The molecule has 1 rings (SSSR count). The Kier molecular flexibility index (Phi) is 5.19. The second-order valence-corrected chi connectivity index (χ2v) is 3.84. The molecule has 0 fully saturated rings. The largest absolute Gasteiger partial charge is 0.493 e. The predicted octanol–water partition coefficient (Wildman–Crippen LogP) is 2.89. The maximum atomic E-state index is 5.75. The zero-order chi connectivity index (χ0) is 11.1. The lowest BCUT2D eigenvalue weighted by atomic mass is 10.1. The average molecular weight is 207 g/mol. The molecule has 0 aliphatic heterocycles. The van der Waals surface area contributed by atoms with Crippen molar-refractivity contribution in [1.29, 1.82) is 0 Å². The van der Waals surface area contributed by atoms with E-state index in [1.807, 2.05) is 7.05 Å². The minimum absolute atomic E-state index is 0.816. The third-order valence-corrected chi connectivity index (χ3v) is 2.34. The molecule has 1 aromatic rings. The van der Waals surface area contributed by atoms with Gasteiger partial charge >= 0.3 is 0 Å². The van der Waals surface area contributed by atoms with Gasteiger partial charge in [0.15, 0.2) is 0 Å². The van der Waals surface area contributed by atoms with E-state index in [0.717, 1.165) is 25.3 Å². The highest BCUT2D eigenvalue weighted by molar-refractivity contribution is 5.36. The molecule has 0 aromatic heterocycles. The number of benzene rings is 1. The van der Waals surface area contributed by atoms with Gasteiger partial charge < -0.3 is 10.1 Å². The van der Waals surface area contributed by atoms with Gasteiger partial charge in [-0.3, -0.25) is 0 Å². The standard InChI is InChI=1S/C13H21NO/c1-4-5-8-15-13-7-6-11(2)9-12(13)10-14-3/h6-7,9,14H,4-5,8,10H2,1-3H3. The Morgan fingerprint density at radius 2 is 2.13 bits per heavy atom. The van der Waals surface area contributed by atoms with E-state index in [1.54, 1.807) is 0 Å². The Morgan fingerprint density at radius 3 is 2.80 bits per heavy atom. The molecular weight excluding hydrogens is 186 g/mol. The summed E-state index contributed by atoms with van der Waals surface area (Å²) in [7, 11) is 1.96. The maximum Gasteiger partial charge on any atom is 0.123 e. The molecule has 1 N–H and O–H groups in total. The van der Waals surface area contributed by atoms with E-state index < -0.39 is 0 Å². The lowest BCUT2D eigenvalue weighted by molar-refractivity contribution is 0.305. The Labute approximate surface area is 92.6 Å². The molecule has 15 heavy (non-hydrogen) atoms. The molecule has 0 aliphatic carbocycles. The highest BCUT2D eigenvalue weighted by Crippen LogP contribution is 2.20. The Balaban J connectivity index is 2.67. The summed E-state index contributed by atoms with van der Waals surface area (Å²) in [6.07, 6.45) is 2.29. The van der Waals surface area contributed by atoms with Crippen molar-refractivity contribution in [3.05, 3.63) is 29.3 Å². The van der Waals surface area contributed by atoms with E-state index in [0.29, 0.717) is 0 Å². The molecule has 2 nitrogen and oxygen atoms in total. The van der Waals surface area contributed by atoms with Crippen molar-refractivity contribution in [2.75, 3.05) is 13.7 Å². The first-order chi connectivity index (χ1) is 7.27. The van der Waals surface area contributed by atoms with Gasteiger partial charge in [0.05, 0.1) is 6.61 Å². The fraction of sp³-hybridized carbons (Fsp3) is 0.538. The summed E-state index contributed by atoms with van der Waals surface area (Å²) in [6, 6.07) is 6.34. The summed E-state index contributed by atoms with van der Waals surface area (Å²) >= 11 is 0. The third kappa shape index (κ3) is 3.92. The van der Waals surface area contributed by atoms with Crippen LogP contribution in [0.3, 0.4) is 0 Å². The molecule has 0 aliphatic rings. The molecule has 84 valence electrons. The van der Waals surface area contributed by atoms with Crippen molar-refractivity contribution in [1.82, 2.24) is 5.32 Å². The topological polar surface area (TPSA) is 21.3 Å². The number of ether oxygens (including phenoxy) is 1. The molecule has 0 atom stereocenters. The Hall–Kier alpha value is -1.02. The summed E-state index contributed by atoms with van der Waals surface area (Å²) in [5.41, 5.74) is 2.52. The molecule has 0 heterocycles.